The van der Waals surface area contributed by atoms with Crippen LogP contribution in [0.3, 0.4) is 0 Å². The highest BCUT2D eigenvalue weighted by Crippen LogP contribution is 2.32. The van der Waals surface area contributed by atoms with Crippen molar-refractivity contribution in [2.24, 2.45) is 5.92 Å². The fourth-order valence-corrected chi connectivity index (χ4v) is 2.62. The van der Waals surface area contributed by atoms with Gasteiger partial charge in [-0.3, -0.25) is 4.98 Å². The van der Waals surface area contributed by atoms with Crippen LogP contribution in [0, 0.1) is 17.8 Å². The van der Waals surface area contributed by atoms with Crippen LogP contribution in [0.4, 0.5) is 0 Å². The third-order valence-electron chi connectivity index (χ3n) is 4.17. The van der Waals surface area contributed by atoms with E-state index in [1.807, 2.05) is 0 Å². The van der Waals surface area contributed by atoms with Crippen molar-refractivity contribution in [1.29, 1.82) is 0 Å². The van der Waals surface area contributed by atoms with E-state index in [9.17, 15) is 5.11 Å². The minimum Gasteiger partial charge on any atom is -0.456 e. The van der Waals surface area contributed by atoms with Gasteiger partial charge in [0.25, 0.3) is 0 Å². The van der Waals surface area contributed by atoms with Crippen LogP contribution in [0.15, 0.2) is 61.3 Å². The van der Waals surface area contributed by atoms with E-state index in [-0.39, 0.29) is 0 Å². The molecule has 1 aromatic carbocycles. The Balaban J connectivity index is 1.63. The van der Waals surface area contributed by atoms with Crippen molar-refractivity contribution in [3.05, 3.63) is 77.6 Å². The number of benzene rings is 1. The van der Waals surface area contributed by atoms with E-state index in [0.717, 1.165) is 12.8 Å². The van der Waals surface area contributed by atoms with Gasteiger partial charge >= 0.3 is 0 Å². The van der Waals surface area contributed by atoms with E-state index in [4.69, 9.17) is 16.3 Å². The molecule has 0 saturated heterocycles. The molecule has 4 rings (SSSR count). The van der Waals surface area contributed by atoms with Gasteiger partial charge in [-0.1, -0.05) is 23.4 Å². The highest BCUT2D eigenvalue weighted by atomic mass is 35.5. The lowest BCUT2D eigenvalue weighted by Gasteiger charge is -2.21. The normalized spacial score (nSPS) is 15.3. The summed E-state index contributed by atoms with van der Waals surface area (Å²) in [6.45, 7) is 0. The van der Waals surface area contributed by atoms with E-state index in [2.05, 4.69) is 26.8 Å². The van der Waals surface area contributed by atoms with Gasteiger partial charge in [0.15, 0.2) is 5.60 Å². The lowest BCUT2D eigenvalue weighted by molar-refractivity contribution is 0.139. The maximum atomic E-state index is 11.3. The van der Waals surface area contributed by atoms with Gasteiger partial charge in [-0.15, -0.1) is 0 Å². The molecule has 1 aliphatic carbocycles. The van der Waals surface area contributed by atoms with Crippen molar-refractivity contribution < 1.29 is 9.84 Å². The Morgan fingerprint density at radius 3 is 2.33 bits per heavy atom. The van der Waals surface area contributed by atoms with Gasteiger partial charge in [-0.2, -0.15) is 0 Å². The molecule has 1 N–H and O–H groups in total. The van der Waals surface area contributed by atoms with Gasteiger partial charge in [0.05, 0.1) is 11.9 Å². The van der Waals surface area contributed by atoms with Crippen LogP contribution in [-0.4, -0.2) is 20.1 Å². The number of aliphatic hydroxyl groups is 1. The standard InChI is InChI=1S/C21H16ClN3O2/c22-17-3-5-18(6-4-17)27-19-7-8-20(25-13-19)21(26,10-9-15-1-2-15)16-11-23-14-24-12-16/h3-8,11-15,26H,1-2H2. The maximum absolute atomic E-state index is 11.3. The summed E-state index contributed by atoms with van der Waals surface area (Å²) in [6.07, 6.45) is 8.19. The molecule has 134 valence electrons. The van der Waals surface area contributed by atoms with E-state index in [1.165, 1.54) is 6.33 Å². The molecule has 1 unspecified atom stereocenters. The molecule has 5 nitrogen and oxygen atoms in total. The number of hydrogen-bond acceptors (Lipinski definition) is 5. The number of aromatic nitrogens is 3. The molecule has 1 saturated carbocycles. The topological polar surface area (TPSA) is 68.1 Å². The van der Waals surface area contributed by atoms with Gasteiger partial charge in [0, 0.05) is 28.9 Å². The highest BCUT2D eigenvalue weighted by Gasteiger charge is 2.33. The summed E-state index contributed by atoms with van der Waals surface area (Å²) >= 11 is 5.88. The van der Waals surface area contributed by atoms with Gasteiger partial charge in [0.1, 0.15) is 17.8 Å². The van der Waals surface area contributed by atoms with E-state index in [0.29, 0.717) is 33.7 Å². The molecule has 3 aromatic rings. The summed E-state index contributed by atoms with van der Waals surface area (Å²) in [5, 5.41) is 11.9. The Hall–Kier alpha value is -2.94. The largest absolute Gasteiger partial charge is 0.456 e. The molecule has 1 fully saturated rings. The average Bonchev–Trinajstić information content (AvgIpc) is 3.54. The van der Waals surface area contributed by atoms with Crippen LogP contribution < -0.4 is 4.74 Å². The van der Waals surface area contributed by atoms with Crippen LogP contribution in [0.2, 0.25) is 5.02 Å². The fraction of sp³-hybridized carbons (Fsp3) is 0.190. The highest BCUT2D eigenvalue weighted by molar-refractivity contribution is 6.30. The van der Waals surface area contributed by atoms with Crippen molar-refractivity contribution >= 4 is 11.6 Å². The molecular weight excluding hydrogens is 362 g/mol. The van der Waals surface area contributed by atoms with Crippen molar-refractivity contribution in [3.63, 3.8) is 0 Å². The van der Waals surface area contributed by atoms with Gasteiger partial charge < -0.3 is 9.84 Å². The lowest BCUT2D eigenvalue weighted by atomic mass is 9.92. The van der Waals surface area contributed by atoms with Crippen LogP contribution in [0.1, 0.15) is 24.1 Å². The monoisotopic (exact) mass is 377 g/mol. The Bertz CT molecular complexity index is 978. The predicted octanol–water partition coefficient (Wildman–Crippen LogP) is 3.97. The smallest absolute Gasteiger partial charge is 0.197 e. The summed E-state index contributed by atoms with van der Waals surface area (Å²) in [7, 11) is 0. The van der Waals surface area contributed by atoms with Crippen LogP contribution in [-0.2, 0) is 5.60 Å². The van der Waals surface area contributed by atoms with Crippen molar-refractivity contribution in [2.75, 3.05) is 0 Å². The summed E-state index contributed by atoms with van der Waals surface area (Å²) in [6, 6.07) is 10.5. The summed E-state index contributed by atoms with van der Waals surface area (Å²) in [5.41, 5.74) is -0.686. The van der Waals surface area contributed by atoms with E-state index >= 15 is 0 Å². The molecule has 0 bridgehead atoms. The Kier molecular flexibility index (Phi) is 4.76. The molecule has 2 heterocycles. The number of halogens is 1. The molecule has 0 aliphatic heterocycles. The number of pyridine rings is 1. The Labute approximate surface area is 162 Å². The first-order chi connectivity index (χ1) is 13.1. The molecule has 2 aromatic heterocycles. The predicted molar refractivity (Wildman–Crippen MR) is 101 cm³/mol. The summed E-state index contributed by atoms with van der Waals surface area (Å²) < 4.78 is 5.75. The Morgan fingerprint density at radius 1 is 1.00 bits per heavy atom. The fourth-order valence-electron chi connectivity index (χ4n) is 2.50. The zero-order valence-electron chi connectivity index (χ0n) is 14.3. The number of hydrogen-bond donors (Lipinski definition) is 1. The second-order valence-electron chi connectivity index (χ2n) is 6.32. The first kappa shape index (κ1) is 17.5. The summed E-state index contributed by atoms with van der Waals surface area (Å²) in [4.78, 5) is 12.4. The molecule has 0 radical (unpaired) electrons. The number of ether oxygens (including phenoxy) is 1. The molecule has 1 aliphatic rings. The van der Waals surface area contributed by atoms with Crippen LogP contribution in [0.25, 0.3) is 0 Å². The molecular formula is C21H16ClN3O2. The van der Waals surface area contributed by atoms with E-state index < -0.39 is 5.60 Å². The minimum absolute atomic E-state index is 0.341. The molecule has 0 amide bonds. The van der Waals surface area contributed by atoms with E-state index in [1.54, 1.807) is 55.0 Å². The Morgan fingerprint density at radius 2 is 1.70 bits per heavy atom. The lowest BCUT2D eigenvalue weighted by Crippen LogP contribution is -2.27. The molecule has 6 heteroatoms. The quantitative estimate of drug-likeness (QED) is 0.697. The average molecular weight is 378 g/mol. The van der Waals surface area contributed by atoms with Crippen LogP contribution in [0.5, 0.6) is 11.5 Å². The number of rotatable bonds is 4. The van der Waals surface area contributed by atoms with Gasteiger partial charge in [-0.25, -0.2) is 9.97 Å². The molecule has 0 spiro atoms. The van der Waals surface area contributed by atoms with Crippen molar-refractivity contribution in [3.8, 4) is 23.3 Å². The summed E-state index contributed by atoms with van der Waals surface area (Å²) in [5.74, 6) is 7.62. The van der Waals surface area contributed by atoms with Crippen molar-refractivity contribution in [2.45, 2.75) is 18.4 Å². The first-order valence-electron chi connectivity index (χ1n) is 8.54. The minimum atomic E-state index is -1.57. The van der Waals surface area contributed by atoms with Crippen LogP contribution >= 0.6 is 11.6 Å². The molecule has 27 heavy (non-hydrogen) atoms. The second-order valence-corrected chi connectivity index (χ2v) is 6.75. The zero-order chi connectivity index (χ0) is 18.7. The van der Waals surface area contributed by atoms with Crippen molar-refractivity contribution in [1.82, 2.24) is 15.0 Å². The maximum Gasteiger partial charge on any atom is 0.197 e. The number of nitrogens with zero attached hydrogens (tertiary/aromatic N) is 3. The van der Waals surface area contributed by atoms with Gasteiger partial charge in [0.2, 0.25) is 0 Å². The molecule has 1 atom stereocenters. The van der Waals surface area contributed by atoms with Gasteiger partial charge in [-0.05, 0) is 49.2 Å². The third kappa shape index (κ3) is 4.08. The zero-order valence-corrected chi connectivity index (χ0v) is 15.1. The third-order valence-corrected chi connectivity index (χ3v) is 4.42. The first-order valence-corrected chi connectivity index (χ1v) is 8.92. The second kappa shape index (κ2) is 7.36. The SMILES string of the molecule is OC(C#CC1CC1)(c1cncnc1)c1ccc(Oc2ccc(Cl)cc2)cn1.